The van der Waals surface area contributed by atoms with Crippen LogP contribution in [0.15, 0.2) is 47.4 Å². The second kappa shape index (κ2) is 8.38. The third-order valence-electron chi connectivity index (χ3n) is 4.24. The van der Waals surface area contributed by atoms with Crippen LogP contribution >= 0.6 is 11.3 Å². The molecule has 0 atom stereocenters. The van der Waals surface area contributed by atoms with E-state index in [0.717, 1.165) is 32.8 Å². The van der Waals surface area contributed by atoms with Crippen LogP contribution in [0.25, 0.3) is 10.6 Å². The van der Waals surface area contributed by atoms with Gasteiger partial charge >= 0.3 is 0 Å². The molecule has 0 spiro atoms. The van der Waals surface area contributed by atoms with E-state index in [-0.39, 0.29) is 17.2 Å². The zero-order valence-corrected chi connectivity index (χ0v) is 17.5. The first-order valence-electron chi connectivity index (χ1n) is 8.66. The zero-order chi connectivity index (χ0) is 20.3. The second-order valence-corrected chi connectivity index (χ2v) is 9.19. The van der Waals surface area contributed by atoms with Gasteiger partial charge in [0.15, 0.2) is 11.6 Å². The standard InChI is InChI=1S/C20H21FN2O3S2/c1-13-5-4-6-15(11-13)20-23-14(2)19(27-20)9-10-22-28(24,25)16-7-8-18(26-3)17(21)12-16/h4-8,11-12,22H,9-10H2,1-3H3. The quantitative estimate of drug-likeness (QED) is 0.625. The lowest BCUT2D eigenvalue weighted by Gasteiger charge is -2.08. The minimum atomic E-state index is -3.80. The van der Waals surface area contributed by atoms with Crippen molar-refractivity contribution in [2.24, 2.45) is 0 Å². The smallest absolute Gasteiger partial charge is 0.240 e. The molecule has 28 heavy (non-hydrogen) atoms. The normalized spacial score (nSPS) is 11.6. The van der Waals surface area contributed by atoms with Crippen LogP contribution in [0.3, 0.4) is 0 Å². The van der Waals surface area contributed by atoms with Crippen molar-refractivity contribution in [2.75, 3.05) is 13.7 Å². The first kappa shape index (κ1) is 20.4. The number of aryl methyl sites for hydroxylation is 2. The number of aromatic nitrogens is 1. The molecule has 0 radical (unpaired) electrons. The van der Waals surface area contributed by atoms with E-state index in [4.69, 9.17) is 4.74 Å². The van der Waals surface area contributed by atoms with Gasteiger partial charge in [0.05, 0.1) is 17.7 Å². The molecule has 1 aromatic heterocycles. The fraction of sp³-hybridized carbons (Fsp3) is 0.250. The summed E-state index contributed by atoms with van der Waals surface area (Å²) < 4.78 is 45.9. The molecule has 8 heteroatoms. The Morgan fingerprint density at radius 2 is 1.96 bits per heavy atom. The number of rotatable bonds is 7. The number of hydrogen-bond donors (Lipinski definition) is 1. The number of methoxy groups -OCH3 is 1. The maximum atomic E-state index is 13.8. The fourth-order valence-corrected chi connectivity index (χ4v) is 4.86. The second-order valence-electron chi connectivity index (χ2n) is 6.34. The Hall–Kier alpha value is -2.29. The minimum absolute atomic E-state index is 0.00270. The molecule has 0 aliphatic heterocycles. The van der Waals surface area contributed by atoms with Crippen molar-refractivity contribution in [3.63, 3.8) is 0 Å². The third-order valence-corrected chi connectivity index (χ3v) is 6.96. The molecule has 1 N–H and O–H groups in total. The van der Waals surface area contributed by atoms with Gasteiger partial charge in [-0.3, -0.25) is 0 Å². The lowest BCUT2D eigenvalue weighted by Crippen LogP contribution is -2.26. The monoisotopic (exact) mass is 420 g/mol. The van der Waals surface area contributed by atoms with Gasteiger partial charge in [0.25, 0.3) is 0 Å². The summed E-state index contributed by atoms with van der Waals surface area (Å²) in [5, 5.41) is 0.913. The minimum Gasteiger partial charge on any atom is -0.494 e. The van der Waals surface area contributed by atoms with Gasteiger partial charge in [0, 0.05) is 17.0 Å². The van der Waals surface area contributed by atoms with E-state index >= 15 is 0 Å². The Labute approximate surface area is 168 Å². The van der Waals surface area contributed by atoms with E-state index in [1.807, 2.05) is 32.0 Å². The summed E-state index contributed by atoms with van der Waals surface area (Å²) in [5.74, 6) is -0.714. The molecule has 0 saturated carbocycles. The number of hydrogen-bond acceptors (Lipinski definition) is 5. The first-order chi connectivity index (χ1) is 13.3. The molecule has 0 unspecified atom stereocenters. The number of halogens is 1. The van der Waals surface area contributed by atoms with Crippen LogP contribution < -0.4 is 9.46 Å². The first-order valence-corrected chi connectivity index (χ1v) is 11.0. The topological polar surface area (TPSA) is 68.3 Å². The zero-order valence-electron chi connectivity index (χ0n) is 15.8. The molecule has 2 aromatic carbocycles. The SMILES string of the molecule is COc1ccc(S(=O)(=O)NCCc2sc(-c3cccc(C)c3)nc2C)cc1F. The Bertz CT molecular complexity index is 1090. The lowest BCUT2D eigenvalue weighted by molar-refractivity contribution is 0.385. The lowest BCUT2D eigenvalue weighted by atomic mass is 10.1. The molecule has 3 aromatic rings. The highest BCUT2D eigenvalue weighted by molar-refractivity contribution is 7.89. The third kappa shape index (κ3) is 4.57. The van der Waals surface area contributed by atoms with Crippen LogP contribution in [0, 0.1) is 19.7 Å². The molecule has 0 saturated heterocycles. The van der Waals surface area contributed by atoms with E-state index in [2.05, 4.69) is 15.8 Å². The van der Waals surface area contributed by atoms with E-state index < -0.39 is 15.8 Å². The molecule has 5 nitrogen and oxygen atoms in total. The number of nitrogens with zero attached hydrogens (tertiary/aromatic N) is 1. The summed E-state index contributed by atoms with van der Waals surface area (Å²) in [7, 11) is -2.48. The van der Waals surface area contributed by atoms with Crippen LogP contribution in [-0.2, 0) is 16.4 Å². The molecular weight excluding hydrogens is 399 g/mol. The van der Waals surface area contributed by atoms with Gasteiger partial charge < -0.3 is 4.74 Å². The predicted octanol–water partition coefficient (Wildman–Crippen LogP) is 4.10. The van der Waals surface area contributed by atoms with Crippen LogP contribution in [0.4, 0.5) is 4.39 Å². The maximum Gasteiger partial charge on any atom is 0.240 e. The van der Waals surface area contributed by atoms with Crippen molar-refractivity contribution < 1.29 is 17.5 Å². The van der Waals surface area contributed by atoms with Crippen LogP contribution in [0.2, 0.25) is 0 Å². The van der Waals surface area contributed by atoms with Crippen LogP contribution in [0.5, 0.6) is 5.75 Å². The average Bonchev–Trinajstić information content (AvgIpc) is 3.02. The van der Waals surface area contributed by atoms with Crippen molar-refractivity contribution in [1.82, 2.24) is 9.71 Å². The predicted molar refractivity (Wildman–Crippen MR) is 109 cm³/mol. The van der Waals surface area contributed by atoms with Crippen molar-refractivity contribution in [3.05, 3.63) is 64.4 Å². The summed E-state index contributed by atoms with van der Waals surface area (Å²) >= 11 is 1.55. The number of benzene rings is 2. The molecule has 0 aliphatic rings. The molecule has 0 aliphatic carbocycles. The van der Waals surface area contributed by atoms with Crippen molar-refractivity contribution >= 4 is 21.4 Å². The molecule has 1 heterocycles. The number of sulfonamides is 1. The van der Waals surface area contributed by atoms with Crippen LogP contribution in [0.1, 0.15) is 16.1 Å². The Morgan fingerprint density at radius 1 is 1.18 bits per heavy atom. The highest BCUT2D eigenvalue weighted by atomic mass is 32.2. The van der Waals surface area contributed by atoms with Gasteiger partial charge in [-0.25, -0.2) is 22.5 Å². The van der Waals surface area contributed by atoms with E-state index in [9.17, 15) is 12.8 Å². The van der Waals surface area contributed by atoms with Crippen LogP contribution in [-0.4, -0.2) is 27.1 Å². The van der Waals surface area contributed by atoms with Gasteiger partial charge in [-0.05, 0) is 44.5 Å². The van der Waals surface area contributed by atoms with Gasteiger partial charge in [0.1, 0.15) is 5.01 Å². The molecule has 0 bridgehead atoms. The number of ether oxygens (including phenoxy) is 1. The Kier molecular flexibility index (Phi) is 6.12. The fourth-order valence-electron chi connectivity index (χ4n) is 2.76. The van der Waals surface area contributed by atoms with Gasteiger partial charge in [-0.1, -0.05) is 23.8 Å². The summed E-state index contributed by atoms with van der Waals surface area (Å²) in [5.41, 5.74) is 3.09. The Morgan fingerprint density at radius 3 is 2.64 bits per heavy atom. The van der Waals surface area contributed by atoms with Crippen molar-refractivity contribution in [3.8, 4) is 16.3 Å². The molecule has 0 fully saturated rings. The van der Waals surface area contributed by atoms with Gasteiger partial charge in [-0.2, -0.15) is 0 Å². The summed E-state index contributed by atoms with van der Waals surface area (Å²) in [6.07, 6.45) is 0.507. The molecular formula is C20H21FN2O3S2. The Balaban J connectivity index is 1.68. The van der Waals surface area contributed by atoms with Crippen molar-refractivity contribution in [2.45, 2.75) is 25.2 Å². The van der Waals surface area contributed by atoms with E-state index in [0.29, 0.717) is 6.42 Å². The molecule has 148 valence electrons. The number of nitrogens with one attached hydrogen (secondary N) is 1. The summed E-state index contributed by atoms with van der Waals surface area (Å²) in [4.78, 5) is 5.49. The number of thiazole rings is 1. The highest BCUT2D eigenvalue weighted by Gasteiger charge is 2.17. The summed E-state index contributed by atoms with van der Waals surface area (Å²) in [6, 6.07) is 11.7. The van der Waals surface area contributed by atoms with Crippen molar-refractivity contribution in [1.29, 1.82) is 0 Å². The largest absolute Gasteiger partial charge is 0.494 e. The van der Waals surface area contributed by atoms with E-state index in [1.165, 1.54) is 19.2 Å². The van der Waals surface area contributed by atoms with E-state index in [1.54, 1.807) is 11.3 Å². The molecule has 3 rings (SSSR count). The molecule has 0 amide bonds. The van der Waals surface area contributed by atoms with Gasteiger partial charge in [-0.15, -0.1) is 11.3 Å². The summed E-state index contributed by atoms with van der Waals surface area (Å²) in [6.45, 7) is 4.15. The maximum absolute atomic E-state index is 13.8. The average molecular weight is 421 g/mol. The van der Waals surface area contributed by atoms with Gasteiger partial charge in [0.2, 0.25) is 10.0 Å². The highest BCUT2D eigenvalue weighted by Crippen LogP contribution is 2.28.